The Kier molecular flexibility index (Phi) is 4.30. The minimum Gasteiger partial charge on any atom is -0.376 e. The first-order valence-corrected chi connectivity index (χ1v) is 5.80. The van der Waals surface area contributed by atoms with Crippen molar-refractivity contribution in [2.75, 3.05) is 11.9 Å². The molecule has 0 saturated heterocycles. The van der Waals surface area contributed by atoms with Crippen LogP contribution in [0.4, 0.5) is 5.69 Å². The topological polar surface area (TPSA) is 54.0 Å². The zero-order chi connectivity index (χ0) is 12.6. The van der Waals surface area contributed by atoms with Crippen LogP contribution in [0.15, 0.2) is 54.7 Å². The van der Waals surface area contributed by atoms with Gasteiger partial charge in [-0.25, -0.2) is 0 Å². The average molecular weight is 241 g/mol. The van der Waals surface area contributed by atoms with Crippen molar-refractivity contribution in [3.05, 3.63) is 60.4 Å². The summed E-state index contributed by atoms with van der Waals surface area (Å²) in [4.78, 5) is 15.7. The Balaban J connectivity index is 1.73. The van der Waals surface area contributed by atoms with E-state index in [1.54, 1.807) is 6.20 Å². The van der Waals surface area contributed by atoms with Gasteiger partial charge in [-0.1, -0.05) is 24.3 Å². The molecule has 0 spiro atoms. The Morgan fingerprint density at radius 2 is 1.83 bits per heavy atom. The molecule has 1 aromatic heterocycles. The molecule has 2 N–H and O–H groups in total. The zero-order valence-corrected chi connectivity index (χ0v) is 9.97. The van der Waals surface area contributed by atoms with Crippen molar-refractivity contribution in [1.82, 2.24) is 10.3 Å². The molecule has 0 saturated carbocycles. The fraction of sp³-hybridized carbons (Fsp3) is 0.143. The van der Waals surface area contributed by atoms with Crippen molar-refractivity contribution in [1.29, 1.82) is 0 Å². The predicted octanol–water partition coefficient (Wildman–Crippen LogP) is 1.81. The van der Waals surface area contributed by atoms with Gasteiger partial charge < -0.3 is 10.6 Å². The first-order chi connectivity index (χ1) is 8.84. The van der Waals surface area contributed by atoms with E-state index in [0.717, 1.165) is 11.4 Å². The summed E-state index contributed by atoms with van der Waals surface area (Å²) >= 11 is 0. The summed E-state index contributed by atoms with van der Waals surface area (Å²) in [5, 5.41) is 5.85. The van der Waals surface area contributed by atoms with Crippen LogP contribution in [-0.4, -0.2) is 17.4 Å². The first-order valence-electron chi connectivity index (χ1n) is 5.80. The van der Waals surface area contributed by atoms with Crippen molar-refractivity contribution in [2.45, 2.75) is 6.54 Å². The zero-order valence-electron chi connectivity index (χ0n) is 9.97. The molecular weight excluding hydrogens is 226 g/mol. The standard InChI is InChI=1S/C14H15N3O/c18-14(11-16-12-6-2-1-3-7-12)17-10-13-8-4-5-9-15-13/h1-9,16H,10-11H2,(H,17,18). The Labute approximate surface area is 106 Å². The van der Waals surface area contributed by atoms with E-state index in [2.05, 4.69) is 15.6 Å². The molecule has 0 unspecified atom stereocenters. The lowest BCUT2D eigenvalue weighted by Crippen LogP contribution is -2.29. The molecule has 0 bridgehead atoms. The molecule has 4 nitrogen and oxygen atoms in total. The van der Waals surface area contributed by atoms with E-state index in [9.17, 15) is 4.79 Å². The van der Waals surface area contributed by atoms with E-state index in [1.807, 2.05) is 48.5 Å². The summed E-state index contributed by atoms with van der Waals surface area (Å²) in [6.45, 7) is 0.715. The number of anilines is 1. The molecule has 0 atom stereocenters. The number of rotatable bonds is 5. The van der Waals surface area contributed by atoms with Crippen molar-refractivity contribution in [2.24, 2.45) is 0 Å². The van der Waals surface area contributed by atoms with Crippen LogP contribution in [0.1, 0.15) is 5.69 Å². The molecule has 1 amide bonds. The lowest BCUT2D eigenvalue weighted by atomic mass is 10.3. The third-order valence-electron chi connectivity index (χ3n) is 2.42. The third-order valence-corrected chi connectivity index (χ3v) is 2.42. The lowest BCUT2D eigenvalue weighted by molar-refractivity contribution is -0.119. The molecule has 0 aliphatic rings. The fourth-order valence-electron chi connectivity index (χ4n) is 1.49. The molecular formula is C14H15N3O. The van der Waals surface area contributed by atoms with Crippen molar-refractivity contribution < 1.29 is 4.79 Å². The van der Waals surface area contributed by atoms with Crippen LogP contribution in [0.5, 0.6) is 0 Å². The summed E-state index contributed by atoms with van der Waals surface area (Å²) in [5.74, 6) is -0.0514. The lowest BCUT2D eigenvalue weighted by Gasteiger charge is -2.07. The fourth-order valence-corrected chi connectivity index (χ4v) is 1.49. The molecule has 2 aromatic rings. The maximum Gasteiger partial charge on any atom is 0.239 e. The molecule has 1 heterocycles. The number of carbonyl (C=O) groups excluding carboxylic acids is 1. The van der Waals surface area contributed by atoms with Gasteiger partial charge >= 0.3 is 0 Å². The van der Waals surface area contributed by atoms with Gasteiger partial charge in [-0.15, -0.1) is 0 Å². The highest BCUT2D eigenvalue weighted by molar-refractivity contribution is 5.80. The molecule has 0 fully saturated rings. The van der Waals surface area contributed by atoms with Gasteiger partial charge in [0.05, 0.1) is 18.8 Å². The smallest absolute Gasteiger partial charge is 0.239 e. The van der Waals surface area contributed by atoms with Gasteiger partial charge in [0.15, 0.2) is 0 Å². The third kappa shape index (κ3) is 3.90. The van der Waals surface area contributed by atoms with Gasteiger partial charge in [0.25, 0.3) is 0 Å². The van der Waals surface area contributed by atoms with Gasteiger partial charge in [-0.2, -0.15) is 0 Å². The number of nitrogens with one attached hydrogen (secondary N) is 2. The van der Waals surface area contributed by atoms with Gasteiger partial charge in [0, 0.05) is 11.9 Å². The second-order valence-corrected chi connectivity index (χ2v) is 3.82. The Hall–Kier alpha value is -2.36. The van der Waals surface area contributed by atoms with E-state index in [-0.39, 0.29) is 12.5 Å². The summed E-state index contributed by atoms with van der Waals surface area (Å²) in [5.41, 5.74) is 1.79. The average Bonchev–Trinajstić information content (AvgIpc) is 2.45. The molecule has 2 rings (SSSR count). The van der Waals surface area contributed by atoms with Crippen LogP contribution >= 0.6 is 0 Å². The monoisotopic (exact) mass is 241 g/mol. The quantitative estimate of drug-likeness (QED) is 0.839. The highest BCUT2D eigenvalue weighted by Crippen LogP contribution is 2.03. The van der Waals surface area contributed by atoms with Crippen molar-refractivity contribution in [3.63, 3.8) is 0 Å². The SMILES string of the molecule is O=C(CNc1ccccc1)NCc1ccccn1. The number of aromatic nitrogens is 1. The second-order valence-electron chi connectivity index (χ2n) is 3.82. The maximum atomic E-state index is 11.6. The summed E-state index contributed by atoms with van der Waals surface area (Å²) < 4.78 is 0. The molecule has 92 valence electrons. The molecule has 0 aliphatic carbocycles. The minimum atomic E-state index is -0.0514. The highest BCUT2D eigenvalue weighted by atomic mass is 16.1. The van der Waals surface area contributed by atoms with E-state index >= 15 is 0 Å². The van der Waals surface area contributed by atoms with E-state index in [1.165, 1.54) is 0 Å². The normalized spacial score (nSPS) is 9.78. The maximum absolute atomic E-state index is 11.6. The number of pyridine rings is 1. The molecule has 1 aromatic carbocycles. The molecule has 18 heavy (non-hydrogen) atoms. The molecule has 4 heteroatoms. The number of hydrogen-bond acceptors (Lipinski definition) is 3. The first kappa shape index (κ1) is 12.1. The van der Waals surface area contributed by atoms with E-state index in [4.69, 9.17) is 0 Å². The van der Waals surface area contributed by atoms with Gasteiger partial charge in [0.1, 0.15) is 0 Å². The van der Waals surface area contributed by atoms with Crippen LogP contribution < -0.4 is 10.6 Å². The summed E-state index contributed by atoms with van der Waals surface area (Å²) in [6, 6.07) is 15.3. The van der Waals surface area contributed by atoms with E-state index in [0.29, 0.717) is 6.54 Å². The number of hydrogen-bond donors (Lipinski definition) is 2. The van der Waals surface area contributed by atoms with Gasteiger partial charge in [-0.05, 0) is 24.3 Å². The molecule has 0 radical (unpaired) electrons. The minimum absolute atomic E-state index is 0.0514. The van der Waals surface area contributed by atoms with Gasteiger partial charge in [-0.3, -0.25) is 9.78 Å². The Morgan fingerprint density at radius 1 is 1.06 bits per heavy atom. The number of carbonyl (C=O) groups is 1. The van der Waals surface area contributed by atoms with Crippen LogP contribution in [0.25, 0.3) is 0 Å². The predicted molar refractivity (Wildman–Crippen MR) is 71.0 cm³/mol. The number of amides is 1. The van der Waals surface area contributed by atoms with Crippen LogP contribution in [-0.2, 0) is 11.3 Å². The largest absolute Gasteiger partial charge is 0.376 e. The Bertz CT molecular complexity index is 439. The van der Waals surface area contributed by atoms with Crippen molar-refractivity contribution >= 4 is 11.6 Å². The van der Waals surface area contributed by atoms with Crippen LogP contribution in [0.2, 0.25) is 0 Å². The number of nitrogens with zero attached hydrogens (tertiary/aromatic N) is 1. The van der Waals surface area contributed by atoms with Crippen LogP contribution in [0.3, 0.4) is 0 Å². The van der Waals surface area contributed by atoms with Gasteiger partial charge in [0.2, 0.25) is 5.91 Å². The van der Waals surface area contributed by atoms with E-state index < -0.39 is 0 Å². The number of para-hydroxylation sites is 1. The Morgan fingerprint density at radius 3 is 2.56 bits per heavy atom. The summed E-state index contributed by atoms with van der Waals surface area (Å²) in [6.07, 6.45) is 1.71. The van der Waals surface area contributed by atoms with Crippen LogP contribution in [0, 0.1) is 0 Å². The molecule has 0 aliphatic heterocycles. The number of benzene rings is 1. The van der Waals surface area contributed by atoms with Crippen molar-refractivity contribution in [3.8, 4) is 0 Å². The highest BCUT2D eigenvalue weighted by Gasteiger charge is 2.01. The summed E-state index contributed by atoms with van der Waals surface area (Å²) in [7, 11) is 0. The second kappa shape index (κ2) is 6.39.